The van der Waals surface area contributed by atoms with Crippen molar-refractivity contribution in [1.82, 2.24) is 15.3 Å². The number of amides is 2. The molecule has 0 saturated heterocycles. The molecule has 12 heteroatoms. The molecule has 0 radical (unpaired) electrons. The molecule has 3 heterocycles. The van der Waals surface area contributed by atoms with Gasteiger partial charge >= 0.3 is 0 Å². The number of pyridine rings is 1. The Hall–Kier alpha value is -4.29. The number of carbonyl (C=O) groups is 2. The van der Waals surface area contributed by atoms with E-state index in [-0.39, 0.29) is 18.8 Å². The van der Waals surface area contributed by atoms with E-state index in [2.05, 4.69) is 15.3 Å². The molecular weight excluding hydrogens is 539 g/mol. The van der Waals surface area contributed by atoms with Crippen LogP contribution in [0.1, 0.15) is 35.5 Å². The van der Waals surface area contributed by atoms with Crippen LogP contribution in [0.4, 0.5) is 4.39 Å². The summed E-state index contributed by atoms with van der Waals surface area (Å²) in [5.41, 5.74) is 5.20. The van der Waals surface area contributed by atoms with Crippen molar-refractivity contribution in [1.29, 1.82) is 0 Å². The third kappa shape index (κ3) is 4.69. The number of hydrogen-bond donors (Lipinski definition) is 3. The standard InChI is InChI=1S/C28H27FN4O6S/c1-27(25(30)35)13-39-23-17(27)11-20(32-21(23)14-5-7-16(29)8-6-14)28(2,36)12-31-24(34)15-9-18(37-3)22-19(10-15)40-26(33-22)38-4/h5-11,36H,12-13H2,1-4H3,(H2,30,35)(H,31,34)/t27-,28-/m0/s1. The number of aromatic nitrogens is 2. The zero-order chi connectivity index (χ0) is 28.8. The maximum Gasteiger partial charge on any atom is 0.274 e. The molecule has 4 aromatic rings. The first-order chi connectivity index (χ1) is 19.0. The van der Waals surface area contributed by atoms with Crippen LogP contribution in [-0.4, -0.2) is 54.3 Å². The van der Waals surface area contributed by atoms with Crippen LogP contribution < -0.4 is 25.3 Å². The molecule has 1 aliphatic heterocycles. The van der Waals surface area contributed by atoms with Gasteiger partial charge in [0.2, 0.25) is 5.91 Å². The van der Waals surface area contributed by atoms with E-state index in [4.69, 9.17) is 19.9 Å². The highest BCUT2D eigenvalue weighted by Crippen LogP contribution is 2.45. The molecule has 0 saturated carbocycles. The molecule has 10 nitrogen and oxygen atoms in total. The van der Waals surface area contributed by atoms with Gasteiger partial charge in [-0.2, -0.15) is 4.98 Å². The lowest BCUT2D eigenvalue weighted by Crippen LogP contribution is -2.41. The Morgan fingerprint density at radius 3 is 2.58 bits per heavy atom. The van der Waals surface area contributed by atoms with Crippen LogP contribution in [0.2, 0.25) is 0 Å². The lowest BCUT2D eigenvalue weighted by Gasteiger charge is -2.26. The maximum atomic E-state index is 13.6. The molecule has 2 amide bonds. The minimum atomic E-state index is -1.68. The number of aliphatic hydroxyl groups is 1. The number of nitrogens with two attached hydrogens (primary N) is 1. The molecule has 0 spiro atoms. The number of carbonyl (C=O) groups excluding carboxylic acids is 2. The Kier molecular flexibility index (Phi) is 6.84. The summed E-state index contributed by atoms with van der Waals surface area (Å²) in [5, 5.41) is 14.7. The van der Waals surface area contributed by atoms with Crippen molar-refractivity contribution >= 4 is 33.4 Å². The molecule has 5 rings (SSSR count). The molecular formula is C28H27FN4O6S. The van der Waals surface area contributed by atoms with Crippen LogP contribution in [0.15, 0.2) is 42.5 Å². The van der Waals surface area contributed by atoms with Crippen LogP contribution in [0.5, 0.6) is 16.7 Å². The first-order valence-corrected chi connectivity index (χ1v) is 13.1. The number of methoxy groups -OCH3 is 2. The van der Waals surface area contributed by atoms with E-state index in [1.807, 2.05) is 0 Å². The summed E-state index contributed by atoms with van der Waals surface area (Å²) in [5.74, 6) is -0.759. The van der Waals surface area contributed by atoms with Crippen LogP contribution in [0, 0.1) is 5.82 Å². The summed E-state index contributed by atoms with van der Waals surface area (Å²) in [4.78, 5) is 34.5. The average Bonchev–Trinajstić information content (AvgIpc) is 3.53. The Balaban J connectivity index is 1.49. The number of fused-ring (bicyclic) bond motifs is 2. The van der Waals surface area contributed by atoms with Crippen LogP contribution in [-0.2, 0) is 15.8 Å². The molecule has 0 bridgehead atoms. The van der Waals surface area contributed by atoms with E-state index < -0.39 is 28.6 Å². The summed E-state index contributed by atoms with van der Waals surface area (Å²) in [6.45, 7) is 2.91. The summed E-state index contributed by atoms with van der Waals surface area (Å²) in [6, 6.07) is 10.4. The molecule has 208 valence electrons. The van der Waals surface area contributed by atoms with Gasteiger partial charge in [-0.05, 0) is 56.3 Å². The molecule has 1 aliphatic rings. The highest BCUT2D eigenvalue weighted by Gasteiger charge is 2.45. The van der Waals surface area contributed by atoms with E-state index in [1.54, 1.807) is 25.1 Å². The van der Waals surface area contributed by atoms with E-state index in [0.717, 1.165) is 0 Å². The number of hydrogen-bond acceptors (Lipinski definition) is 9. The van der Waals surface area contributed by atoms with Crippen molar-refractivity contribution in [2.24, 2.45) is 5.73 Å². The molecule has 0 aliphatic carbocycles. The normalized spacial score (nSPS) is 17.6. The Morgan fingerprint density at radius 2 is 1.93 bits per heavy atom. The Labute approximate surface area is 232 Å². The van der Waals surface area contributed by atoms with E-state index in [1.165, 1.54) is 56.7 Å². The molecule has 2 aromatic heterocycles. The predicted molar refractivity (Wildman–Crippen MR) is 146 cm³/mol. The van der Waals surface area contributed by atoms with Gasteiger partial charge < -0.3 is 30.4 Å². The second-order valence-corrected chi connectivity index (χ2v) is 10.9. The molecule has 0 fully saturated rings. The van der Waals surface area contributed by atoms with Gasteiger partial charge in [-0.25, -0.2) is 9.37 Å². The smallest absolute Gasteiger partial charge is 0.274 e. The van der Waals surface area contributed by atoms with Crippen molar-refractivity contribution in [2.45, 2.75) is 24.9 Å². The third-order valence-corrected chi connectivity index (χ3v) is 7.94. The zero-order valence-electron chi connectivity index (χ0n) is 22.2. The van der Waals surface area contributed by atoms with Gasteiger partial charge in [-0.3, -0.25) is 9.59 Å². The van der Waals surface area contributed by atoms with Crippen molar-refractivity contribution in [3.63, 3.8) is 0 Å². The molecule has 2 aromatic carbocycles. The Morgan fingerprint density at radius 1 is 1.20 bits per heavy atom. The fraction of sp³-hybridized carbons (Fsp3) is 0.286. The fourth-order valence-corrected chi connectivity index (χ4v) is 5.30. The largest absolute Gasteiger partial charge is 0.494 e. The molecule has 0 unspecified atom stereocenters. The molecule has 4 N–H and O–H groups in total. The topological polar surface area (TPSA) is 146 Å². The van der Waals surface area contributed by atoms with Crippen LogP contribution in [0.25, 0.3) is 21.5 Å². The molecule has 2 atom stereocenters. The number of thiazole rings is 1. The van der Waals surface area contributed by atoms with E-state index in [9.17, 15) is 19.1 Å². The summed E-state index contributed by atoms with van der Waals surface area (Å²) in [6.07, 6.45) is 0. The quantitative estimate of drug-likeness (QED) is 0.295. The average molecular weight is 567 g/mol. The number of halogens is 1. The van der Waals surface area contributed by atoms with Gasteiger partial charge in [0.1, 0.15) is 46.1 Å². The monoisotopic (exact) mass is 566 g/mol. The van der Waals surface area contributed by atoms with Crippen LogP contribution in [0.3, 0.4) is 0 Å². The number of benzene rings is 2. The summed E-state index contributed by atoms with van der Waals surface area (Å²) >= 11 is 1.27. The fourth-order valence-electron chi connectivity index (χ4n) is 4.46. The lowest BCUT2D eigenvalue weighted by molar-refractivity contribution is -0.123. The number of nitrogens with zero attached hydrogens (tertiary/aromatic N) is 2. The van der Waals surface area contributed by atoms with Crippen molar-refractivity contribution < 1.29 is 33.3 Å². The lowest BCUT2D eigenvalue weighted by atomic mass is 9.82. The second-order valence-electron chi connectivity index (χ2n) is 9.89. The van der Waals surface area contributed by atoms with Gasteiger partial charge in [0, 0.05) is 16.7 Å². The van der Waals surface area contributed by atoms with E-state index in [0.29, 0.717) is 49.3 Å². The number of primary amides is 1. The van der Waals surface area contributed by atoms with Gasteiger partial charge in [0.05, 0.1) is 31.2 Å². The van der Waals surface area contributed by atoms with Crippen molar-refractivity contribution in [3.05, 3.63) is 65.1 Å². The van der Waals surface area contributed by atoms with Gasteiger partial charge in [-0.1, -0.05) is 11.3 Å². The highest BCUT2D eigenvalue weighted by molar-refractivity contribution is 7.20. The first-order valence-electron chi connectivity index (χ1n) is 12.2. The Bertz CT molecular complexity index is 1640. The predicted octanol–water partition coefficient (Wildman–Crippen LogP) is 3.29. The van der Waals surface area contributed by atoms with E-state index >= 15 is 0 Å². The van der Waals surface area contributed by atoms with Crippen molar-refractivity contribution in [2.75, 3.05) is 27.4 Å². The van der Waals surface area contributed by atoms with Gasteiger partial charge in [-0.15, -0.1) is 0 Å². The minimum Gasteiger partial charge on any atom is -0.494 e. The minimum absolute atomic E-state index is 0.0114. The second kappa shape index (κ2) is 10.0. The molecule has 40 heavy (non-hydrogen) atoms. The third-order valence-electron chi connectivity index (χ3n) is 6.98. The number of nitrogens with one attached hydrogen (secondary N) is 1. The number of rotatable bonds is 8. The highest BCUT2D eigenvalue weighted by atomic mass is 32.1. The zero-order valence-corrected chi connectivity index (χ0v) is 23.0. The summed E-state index contributed by atoms with van der Waals surface area (Å²) < 4.78 is 30.8. The van der Waals surface area contributed by atoms with Gasteiger partial charge in [0.25, 0.3) is 11.1 Å². The van der Waals surface area contributed by atoms with Crippen molar-refractivity contribution in [3.8, 4) is 28.0 Å². The van der Waals surface area contributed by atoms with Crippen LogP contribution >= 0.6 is 11.3 Å². The van der Waals surface area contributed by atoms with Gasteiger partial charge in [0.15, 0.2) is 0 Å². The SMILES string of the molecule is COc1nc2c(OC)cc(C(=O)NC[C@](C)(O)c3cc4c(c(-c5ccc(F)cc5)n3)OC[C@]4(C)C(N)=O)cc2s1. The first kappa shape index (κ1) is 27.3. The summed E-state index contributed by atoms with van der Waals surface area (Å²) in [7, 11) is 2.99. The number of ether oxygens (including phenoxy) is 3. The maximum absolute atomic E-state index is 13.6.